The molecule has 0 aliphatic carbocycles. The molecule has 156 valence electrons. The number of nitrogens with zero attached hydrogens (tertiary/aromatic N) is 7. The Kier molecular flexibility index (Phi) is 6.40. The van der Waals surface area contributed by atoms with Crippen LogP contribution < -0.4 is 9.80 Å². The number of hydrogen-bond acceptors (Lipinski definition) is 7. The van der Waals surface area contributed by atoms with Crippen LogP contribution in [0.4, 0.5) is 11.5 Å². The van der Waals surface area contributed by atoms with Gasteiger partial charge >= 0.3 is 0 Å². The predicted octanol–water partition coefficient (Wildman–Crippen LogP) is 1.21. The van der Waals surface area contributed by atoms with Crippen LogP contribution in [0.5, 0.6) is 0 Å². The molecule has 1 aromatic heterocycles. The standard InChI is InChI=1S/C22H27N7O/c23-17-19-7-8-21(25-24-19)28-10-4-9-26(11-12-28)18-22(30)29-15-13-27(14-16-29)20-5-2-1-3-6-20/h1-3,5-8H,4,9-16,18H2. The van der Waals surface area contributed by atoms with E-state index >= 15 is 0 Å². The first-order valence-electron chi connectivity index (χ1n) is 10.5. The summed E-state index contributed by atoms with van der Waals surface area (Å²) >= 11 is 0. The minimum atomic E-state index is 0.217. The number of nitriles is 1. The lowest BCUT2D eigenvalue weighted by Crippen LogP contribution is -2.51. The van der Waals surface area contributed by atoms with E-state index < -0.39 is 0 Å². The summed E-state index contributed by atoms with van der Waals surface area (Å²) in [6.07, 6.45) is 0.969. The number of benzene rings is 1. The van der Waals surface area contributed by atoms with E-state index in [0.29, 0.717) is 12.2 Å². The molecule has 0 saturated carbocycles. The van der Waals surface area contributed by atoms with E-state index in [-0.39, 0.29) is 5.91 Å². The maximum atomic E-state index is 12.8. The monoisotopic (exact) mass is 405 g/mol. The van der Waals surface area contributed by atoms with Gasteiger partial charge in [0.2, 0.25) is 5.91 Å². The van der Waals surface area contributed by atoms with Gasteiger partial charge in [0.15, 0.2) is 11.5 Å². The summed E-state index contributed by atoms with van der Waals surface area (Å²) in [5.41, 5.74) is 1.55. The molecular weight excluding hydrogens is 378 g/mol. The lowest BCUT2D eigenvalue weighted by atomic mass is 10.2. The molecule has 2 aromatic rings. The average molecular weight is 406 g/mol. The van der Waals surface area contributed by atoms with Crippen molar-refractivity contribution in [3.63, 3.8) is 0 Å². The maximum absolute atomic E-state index is 12.8. The van der Waals surface area contributed by atoms with Gasteiger partial charge in [-0.2, -0.15) is 5.26 Å². The number of para-hydroxylation sites is 1. The van der Waals surface area contributed by atoms with Gasteiger partial charge < -0.3 is 14.7 Å². The Labute approximate surface area is 177 Å². The van der Waals surface area contributed by atoms with Crippen molar-refractivity contribution < 1.29 is 4.79 Å². The van der Waals surface area contributed by atoms with Gasteiger partial charge in [-0.15, -0.1) is 10.2 Å². The summed E-state index contributed by atoms with van der Waals surface area (Å²) < 4.78 is 0. The Balaban J connectivity index is 1.25. The van der Waals surface area contributed by atoms with E-state index in [1.807, 2.05) is 23.1 Å². The normalized spacial score (nSPS) is 18.0. The summed E-state index contributed by atoms with van der Waals surface area (Å²) in [6, 6.07) is 15.9. The molecule has 1 aromatic carbocycles. The zero-order valence-electron chi connectivity index (χ0n) is 17.2. The van der Waals surface area contributed by atoms with Crippen LogP contribution in [-0.2, 0) is 4.79 Å². The number of rotatable bonds is 4. The largest absolute Gasteiger partial charge is 0.368 e. The highest BCUT2D eigenvalue weighted by Gasteiger charge is 2.24. The summed E-state index contributed by atoms with van der Waals surface area (Å²) in [5, 5.41) is 17.0. The fraction of sp³-hybridized carbons (Fsp3) is 0.455. The Hall–Kier alpha value is -3.18. The number of piperazine rings is 1. The van der Waals surface area contributed by atoms with Gasteiger partial charge in [0.1, 0.15) is 6.07 Å². The topological polar surface area (TPSA) is 79.6 Å². The Morgan fingerprint density at radius 3 is 2.33 bits per heavy atom. The van der Waals surface area contributed by atoms with Crippen molar-refractivity contribution in [1.29, 1.82) is 5.26 Å². The molecule has 2 saturated heterocycles. The van der Waals surface area contributed by atoms with Crippen LogP contribution in [0.1, 0.15) is 12.1 Å². The molecule has 0 spiro atoms. The molecule has 2 aliphatic heterocycles. The smallest absolute Gasteiger partial charge is 0.236 e. The molecule has 0 N–H and O–H groups in total. The van der Waals surface area contributed by atoms with Crippen molar-refractivity contribution in [2.45, 2.75) is 6.42 Å². The summed E-state index contributed by atoms with van der Waals surface area (Å²) in [7, 11) is 0. The minimum Gasteiger partial charge on any atom is -0.368 e. The number of carbonyl (C=O) groups is 1. The molecule has 30 heavy (non-hydrogen) atoms. The zero-order valence-corrected chi connectivity index (χ0v) is 17.2. The second-order valence-corrected chi connectivity index (χ2v) is 7.71. The SMILES string of the molecule is N#Cc1ccc(N2CCCN(CC(=O)N3CCN(c4ccccc4)CC3)CC2)nn1. The van der Waals surface area contributed by atoms with Gasteiger partial charge in [0.05, 0.1) is 6.54 Å². The van der Waals surface area contributed by atoms with E-state index in [4.69, 9.17) is 5.26 Å². The fourth-order valence-corrected chi connectivity index (χ4v) is 4.06. The Morgan fingerprint density at radius 1 is 0.867 bits per heavy atom. The second-order valence-electron chi connectivity index (χ2n) is 7.71. The third kappa shape index (κ3) is 4.86. The van der Waals surface area contributed by atoms with E-state index in [1.54, 1.807) is 6.07 Å². The van der Waals surface area contributed by atoms with Gasteiger partial charge in [-0.05, 0) is 30.7 Å². The average Bonchev–Trinajstić information content (AvgIpc) is 3.05. The van der Waals surface area contributed by atoms with Crippen molar-refractivity contribution >= 4 is 17.4 Å². The third-order valence-electron chi connectivity index (χ3n) is 5.79. The van der Waals surface area contributed by atoms with Gasteiger partial charge in [-0.1, -0.05) is 18.2 Å². The van der Waals surface area contributed by atoms with E-state index in [1.165, 1.54) is 5.69 Å². The predicted molar refractivity (Wildman–Crippen MR) is 115 cm³/mol. The van der Waals surface area contributed by atoms with Crippen LogP contribution in [0.25, 0.3) is 0 Å². The molecule has 8 nitrogen and oxygen atoms in total. The molecule has 1 amide bonds. The molecule has 0 unspecified atom stereocenters. The second kappa shape index (κ2) is 9.55. The minimum absolute atomic E-state index is 0.217. The van der Waals surface area contributed by atoms with Gasteiger partial charge in [0.25, 0.3) is 0 Å². The number of amides is 1. The highest BCUT2D eigenvalue weighted by atomic mass is 16.2. The molecule has 2 fully saturated rings. The summed E-state index contributed by atoms with van der Waals surface area (Å²) in [6.45, 7) is 7.16. The van der Waals surface area contributed by atoms with Crippen LogP contribution in [0.3, 0.4) is 0 Å². The maximum Gasteiger partial charge on any atom is 0.236 e. The molecule has 0 radical (unpaired) electrons. The molecule has 8 heteroatoms. The molecule has 4 rings (SSSR count). The Morgan fingerprint density at radius 2 is 1.63 bits per heavy atom. The lowest BCUT2D eigenvalue weighted by molar-refractivity contribution is -0.132. The number of anilines is 2. The number of hydrogen-bond donors (Lipinski definition) is 0. The van der Waals surface area contributed by atoms with Crippen LogP contribution in [0.15, 0.2) is 42.5 Å². The Bertz CT molecular complexity index is 873. The third-order valence-corrected chi connectivity index (χ3v) is 5.79. The van der Waals surface area contributed by atoms with Crippen molar-refractivity contribution in [3.8, 4) is 6.07 Å². The molecule has 2 aliphatic rings. The van der Waals surface area contributed by atoms with Crippen LogP contribution >= 0.6 is 0 Å². The lowest BCUT2D eigenvalue weighted by Gasteiger charge is -2.37. The first-order valence-corrected chi connectivity index (χ1v) is 10.5. The zero-order chi connectivity index (χ0) is 20.8. The van der Waals surface area contributed by atoms with Crippen molar-refractivity contribution in [2.75, 3.05) is 68.7 Å². The van der Waals surface area contributed by atoms with Crippen molar-refractivity contribution in [1.82, 2.24) is 20.0 Å². The van der Waals surface area contributed by atoms with Gasteiger partial charge in [-0.3, -0.25) is 9.69 Å². The van der Waals surface area contributed by atoms with Crippen LogP contribution in [0.2, 0.25) is 0 Å². The van der Waals surface area contributed by atoms with Crippen LogP contribution in [-0.4, -0.2) is 84.8 Å². The number of carbonyl (C=O) groups excluding carboxylic acids is 1. The quantitative estimate of drug-likeness (QED) is 0.756. The molecular formula is C22H27N7O. The van der Waals surface area contributed by atoms with E-state index in [2.05, 4.69) is 49.2 Å². The van der Waals surface area contributed by atoms with E-state index in [9.17, 15) is 4.79 Å². The van der Waals surface area contributed by atoms with Gasteiger partial charge in [-0.25, -0.2) is 0 Å². The first kappa shape index (κ1) is 20.1. The number of aromatic nitrogens is 2. The molecule has 3 heterocycles. The van der Waals surface area contributed by atoms with Gasteiger partial charge in [0, 0.05) is 58.0 Å². The molecule has 0 bridgehead atoms. The fourth-order valence-electron chi connectivity index (χ4n) is 4.06. The summed E-state index contributed by atoms with van der Waals surface area (Å²) in [4.78, 5) is 21.6. The van der Waals surface area contributed by atoms with E-state index in [0.717, 1.165) is 64.6 Å². The highest BCUT2D eigenvalue weighted by molar-refractivity contribution is 5.78. The summed E-state index contributed by atoms with van der Waals surface area (Å²) in [5.74, 6) is 1.01. The van der Waals surface area contributed by atoms with Crippen LogP contribution in [0, 0.1) is 11.3 Å². The highest BCUT2D eigenvalue weighted by Crippen LogP contribution is 2.16. The first-order chi connectivity index (χ1) is 14.7. The van der Waals surface area contributed by atoms with Crippen molar-refractivity contribution in [2.24, 2.45) is 0 Å². The molecule has 0 atom stereocenters. The van der Waals surface area contributed by atoms with Crippen molar-refractivity contribution in [3.05, 3.63) is 48.2 Å².